The molecular formula is C5H12N2S. The van der Waals surface area contributed by atoms with E-state index in [-0.39, 0.29) is 6.17 Å². The summed E-state index contributed by atoms with van der Waals surface area (Å²) in [6.07, 6.45) is 2.41. The highest BCUT2D eigenvalue weighted by Crippen LogP contribution is 2.26. The molecule has 0 amide bonds. The molecule has 1 rings (SSSR count). The van der Waals surface area contributed by atoms with Crippen LogP contribution in [0.1, 0.15) is 12.8 Å². The summed E-state index contributed by atoms with van der Waals surface area (Å²) in [6.45, 7) is 0. The quantitative estimate of drug-likeness (QED) is 0.498. The Kier molecular flexibility index (Phi) is 2.16. The lowest BCUT2D eigenvalue weighted by atomic mass is 10.2. The van der Waals surface area contributed by atoms with E-state index in [1.165, 1.54) is 18.6 Å². The molecule has 0 spiro atoms. The molecule has 3 heteroatoms. The number of nitrogens with two attached hydrogens (primary N) is 2. The van der Waals surface area contributed by atoms with E-state index in [1.54, 1.807) is 0 Å². The third kappa shape index (κ3) is 1.37. The van der Waals surface area contributed by atoms with Gasteiger partial charge in [-0.1, -0.05) is 0 Å². The van der Waals surface area contributed by atoms with E-state index >= 15 is 0 Å². The van der Waals surface area contributed by atoms with Crippen molar-refractivity contribution < 1.29 is 0 Å². The Morgan fingerprint density at radius 2 is 2.25 bits per heavy atom. The standard InChI is InChI=1S/C5H12N2S/c6-5(7)4-2-1-3-8-4/h4-5H,1-3,6-7H2. The van der Waals surface area contributed by atoms with Crippen LogP contribution < -0.4 is 11.5 Å². The first kappa shape index (κ1) is 6.39. The normalized spacial score (nSPS) is 29.6. The van der Waals surface area contributed by atoms with Gasteiger partial charge in [-0.05, 0) is 18.6 Å². The molecule has 1 atom stereocenters. The lowest BCUT2D eigenvalue weighted by molar-refractivity contribution is 0.635. The summed E-state index contributed by atoms with van der Waals surface area (Å²) in [4.78, 5) is 0. The molecule has 1 saturated heterocycles. The minimum absolute atomic E-state index is 0.0949. The maximum Gasteiger partial charge on any atom is 0.0643 e. The summed E-state index contributed by atoms with van der Waals surface area (Å²) < 4.78 is 0. The number of hydrogen-bond acceptors (Lipinski definition) is 3. The Bertz CT molecular complexity index is 68.8. The van der Waals surface area contributed by atoms with Crippen LogP contribution in [-0.2, 0) is 0 Å². The summed E-state index contributed by atoms with van der Waals surface area (Å²) in [5.41, 5.74) is 10.9. The summed E-state index contributed by atoms with van der Waals surface area (Å²) in [6, 6.07) is 0. The van der Waals surface area contributed by atoms with Gasteiger partial charge in [-0.3, -0.25) is 0 Å². The third-order valence-electron chi connectivity index (χ3n) is 1.39. The molecule has 0 aromatic carbocycles. The third-order valence-corrected chi connectivity index (χ3v) is 2.90. The SMILES string of the molecule is NC(N)C1CCCS1. The Morgan fingerprint density at radius 3 is 2.50 bits per heavy atom. The first-order valence-electron chi connectivity index (χ1n) is 2.93. The summed E-state index contributed by atoms with van der Waals surface area (Å²) in [7, 11) is 0. The zero-order valence-electron chi connectivity index (χ0n) is 4.84. The Hall–Kier alpha value is 0.270. The van der Waals surface area contributed by atoms with Gasteiger partial charge < -0.3 is 11.5 Å². The number of rotatable bonds is 1. The second-order valence-corrected chi connectivity index (χ2v) is 3.48. The van der Waals surface area contributed by atoms with Crippen molar-refractivity contribution in [2.45, 2.75) is 24.3 Å². The molecule has 1 fully saturated rings. The van der Waals surface area contributed by atoms with Gasteiger partial charge in [0.2, 0.25) is 0 Å². The lowest BCUT2D eigenvalue weighted by Crippen LogP contribution is -2.39. The van der Waals surface area contributed by atoms with Gasteiger partial charge >= 0.3 is 0 Å². The molecular weight excluding hydrogens is 120 g/mol. The fraction of sp³-hybridized carbons (Fsp3) is 1.00. The molecule has 0 saturated carbocycles. The van der Waals surface area contributed by atoms with Gasteiger partial charge in [0.05, 0.1) is 6.17 Å². The van der Waals surface area contributed by atoms with Crippen molar-refractivity contribution in [2.75, 3.05) is 5.75 Å². The van der Waals surface area contributed by atoms with E-state index < -0.39 is 0 Å². The molecule has 0 radical (unpaired) electrons. The van der Waals surface area contributed by atoms with Crippen LogP contribution in [-0.4, -0.2) is 17.2 Å². The number of thioether (sulfide) groups is 1. The van der Waals surface area contributed by atoms with E-state index in [0.717, 1.165) is 0 Å². The molecule has 1 aliphatic rings. The van der Waals surface area contributed by atoms with Crippen LogP contribution in [0.15, 0.2) is 0 Å². The summed E-state index contributed by atoms with van der Waals surface area (Å²) in [5.74, 6) is 1.25. The van der Waals surface area contributed by atoms with E-state index in [2.05, 4.69) is 0 Å². The molecule has 4 N–H and O–H groups in total. The predicted molar refractivity (Wildman–Crippen MR) is 37.6 cm³/mol. The molecule has 0 bridgehead atoms. The fourth-order valence-corrected chi connectivity index (χ4v) is 2.10. The Balaban J connectivity index is 2.24. The van der Waals surface area contributed by atoms with Gasteiger partial charge in [-0.15, -0.1) is 0 Å². The highest BCUT2D eigenvalue weighted by atomic mass is 32.2. The van der Waals surface area contributed by atoms with Crippen LogP contribution in [0.2, 0.25) is 0 Å². The summed E-state index contributed by atoms with van der Waals surface area (Å²) >= 11 is 1.90. The highest BCUT2D eigenvalue weighted by molar-refractivity contribution is 8.00. The molecule has 0 aliphatic carbocycles. The highest BCUT2D eigenvalue weighted by Gasteiger charge is 2.18. The van der Waals surface area contributed by atoms with Crippen LogP contribution in [0.4, 0.5) is 0 Å². The van der Waals surface area contributed by atoms with E-state index in [4.69, 9.17) is 11.5 Å². The zero-order chi connectivity index (χ0) is 5.98. The number of hydrogen-bond donors (Lipinski definition) is 2. The van der Waals surface area contributed by atoms with Gasteiger partial charge in [-0.2, -0.15) is 11.8 Å². The van der Waals surface area contributed by atoms with E-state index in [1.807, 2.05) is 11.8 Å². The van der Waals surface area contributed by atoms with Gasteiger partial charge in [0.15, 0.2) is 0 Å². The van der Waals surface area contributed by atoms with Crippen LogP contribution in [0.5, 0.6) is 0 Å². The first-order chi connectivity index (χ1) is 3.80. The molecule has 2 nitrogen and oxygen atoms in total. The molecule has 1 unspecified atom stereocenters. The molecule has 1 aliphatic heterocycles. The maximum absolute atomic E-state index is 5.45. The monoisotopic (exact) mass is 132 g/mol. The van der Waals surface area contributed by atoms with Crippen molar-refractivity contribution in [3.05, 3.63) is 0 Å². The van der Waals surface area contributed by atoms with Crippen LogP contribution in [0, 0.1) is 0 Å². The Morgan fingerprint density at radius 1 is 1.50 bits per heavy atom. The molecule has 0 aromatic heterocycles. The molecule has 48 valence electrons. The van der Waals surface area contributed by atoms with Crippen molar-refractivity contribution in [1.29, 1.82) is 0 Å². The smallest absolute Gasteiger partial charge is 0.0643 e. The van der Waals surface area contributed by atoms with Crippen molar-refractivity contribution >= 4 is 11.8 Å². The average Bonchev–Trinajstić information content (AvgIpc) is 2.12. The van der Waals surface area contributed by atoms with Crippen molar-refractivity contribution in [2.24, 2.45) is 11.5 Å². The van der Waals surface area contributed by atoms with Crippen LogP contribution in [0.25, 0.3) is 0 Å². The largest absolute Gasteiger partial charge is 0.315 e. The first-order valence-corrected chi connectivity index (χ1v) is 3.98. The zero-order valence-corrected chi connectivity index (χ0v) is 5.66. The average molecular weight is 132 g/mol. The maximum atomic E-state index is 5.45. The van der Waals surface area contributed by atoms with Gasteiger partial charge in [0.25, 0.3) is 0 Å². The lowest BCUT2D eigenvalue weighted by Gasteiger charge is -2.10. The molecule has 0 aromatic rings. The van der Waals surface area contributed by atoms with E-state index in [0.29, 0.717) is 5.25 Å². The minimum atomic E-state index is -0.0949. The van der Waals surface area contributed by atoms with Crippen molar-refractivity contribution in [1.82, 2.24) is 0 Å². The summed E-state index contributed by atoms with van der Waals surface area (Å²) in [5, 5.41) is 0.537. The van der Waals surface area contributed by atoms with Crippen LogP contribution in [0.3, 0.4) is 0 Å². The predicted octanol–water partition coefficient (Wildman–Crippen LogP) is 0.125. The second-order valence-electron chi connectivity index (χ2n) is 2.13. The van der Waals surface area contributed by atoms with Crippen molar-refractivity contribution in [3.63, 3.8) is 0 Å². The topological polar surface area (TPSA) is 52.0 Å². The second kappa shape index (κ2) is 2.71. The van der Waals surface area contributed by atoms with E-state index in [9.17, 15) is 0 Å². The van der Waals surface area contributed by atoms with Crippen molar-refractivity contribution in [3.8, 4) is 0 Å². The molecule has 8 heavy (non-hydrogen) atoms. The minimum Gasteiger partial charge on any atom is -0.315 e. The van der Waals surface area contributed by atoms with Gasteiger partial charge in [-0.25, -0.2) is 0 Å². The fourth-order valence-electron chi connectivity index (χ4n) is 0.906. The van der Waals surface area contributed by atoms with Gasteiger partial charge in [0, 0.05) is 5.25 Å². The Labute approximate surface area is 54.0 Å². The van der Waals surface area contributed by atoms with Crippen LogP contribution >= 0.6 is 11.8 Å². The van der Waals surface area contributed by atoms with Gasteiger partial charge in [0.1, 0.15) is 0 Å². The molecule has 1 heterocycles.